The molecular weight excluding hydrogens is 240 g/mol. The molecule has 1 aliphatic heterocycles. The van der Waals surface area contributed by atoms with Gasteiger partial charge in [0, 0.05) is 19.2 Å². The summed E-state index contributed by atoms with van der Waals surface area (Å²) in [7, 11) is 1.67. The second-order valence-electron chi connectivity index (χ2n) is 4.97. The Morgan fingerprint density at radius 3 is 2.84 bits per heavy atom. The van der Waals surface area contributed by atoms with Crippen LogP contribution in [0.2, 0.25) is 0 Å². The maximum absolute atomic E-state index is 9.91. The molecule has 1 aliphatic rings. The second kappa shape index (κ2) is 5.05. The first-order valence-corrected chi connectivity index (χ1v) is 6.63. The van der Waals surface area contributed by atoms with Crippen LogP contribution in [0.15, 0.2) is 30.5 Å². The number of aryl methyl sites for hydroxylation is 1. The minimum absolute atomic E-state index is 0.404. The van der Waals surface area contributed by atoms with Crippen molar-refractivity contribution in [2.45, 2.75) is 31.9 Å². The van der Waals surface area contributed by atoms with Crippen molar-refractivity contribution in [3.8, 4) is 5.75 Å². The van der Waals surface area contributed by atoms with E-state index in [1.165, 1.54) is 5.56 Å². The number of imidazole rings is 1. The molecule has 1 unspecified atom stereocenters. The normalized spacial score (nSPS) is 18.1. The van der Waals surface area contributed by atoms with Crippen molar-refractivity contribution in [3.63, 3.8) is 0 Å². The largest absolute Gasteiger partial charge is 0.497 e. The SMILES string of the molecule is COc1ccc(Cc2cn3c(n2)C(O)CCC3)cc1. The van der Waals surface area contributed by atoms with Gasteiger partial charge in [-0.1, -0.05) is 12.1 Å². The molecule has 1 atom stereocenters. The van der Waals surface area contributed by atoms with Crippen molar-refractivity contribution < 1.29 is 9.84 Å². The smallest absolute Gasteiger partial charge is 0.137 e. The van der Waals surface area contributed by atoms with Gasteiger partial charge in [0.05, 0.1) is 12.8 Å². The molecule has 1 aromatic heterocycles. The van der Waals surface area contributed by atoms with Gasteiger partial charge in [-0.15, -0.1) is 0 Å². The highest BCUT2D eigenvalue weighted by atomic mass is 16.5. The van der Waals surface area contributed by atoms with Crippen LogP contribution in [0, 0.1) is 0 Å². The van der Waals surface area contributed by atoms with Gasteiger partial charge >= 0.3 is 0 Å². The van der Waals surface area contributed by atoms with Crippen LogP contribution in [0.5, 0.6) is 5.75 Å². The number of methoxy groups -OCH3 is 1. The van der Waals surface area contributed by atoms with Crippen LogP contribution >= 0.6 is 0 Å². The van der Waals surface area contributed by atoms with Gasteiger partial charge in [-0.3, -0.25) is 0 Å². The number of benzene rings is 1. The number of hydrogen-bond acceptors (Lipinski definition) is 3. The second-order valence-corrected chi connectivity index (χ2v) is 4.97. The summed E-state index contributed by atoms with van der Waals surface area (Å²) in [4.78, 5) is 4.55. The highest BCUT2D eigenvalue weighted by Crippen LogP contribution is 2.25. The third-order valence-electron chi connectivity index (χ3n) is 3.58. The van der Waals surface area contributed by atoms with Gasteiger partial charge < -0.3 is 14.4 Å². The van der Waals surface area contributed by atoms with Crippen LogP contribution in [0.1, 0.15) is 36.0 Å². The monoisotopic (exact) mass is 258 g/mol. The molecule has 2 heterocycles. The molecule has 0 amide bonds. The fourth-order valence-corrected chi connectivity index (χ4v) is 2.55. The van der Waals surface area contributed by atoms with Gasteiger partial charge in [0.2, 0.25) is 0 Å². The van der Waals surface area contributed by atoms with Crippen LogP contribution in [0.3, 0.4) is 0 Å². The molecule has 0 aliphatic carbocycles. The number of rotatable bonds is 3. The standard InChI is InChI=1S/C15H18N2O2/c1-19-13-6-4-11(5-7-13)9-12-10-17-8-2-3-14(18)15(17)16-12/h4-7,10,14,18H,2-3,8-9H2,1H3. The lowest BCUT2D eigenvalue weighted by Gasteiger charge is -2.18. The lowest BCUT2D eigenvalue weighted by molar-refractivity contribution is 0.133. The van der Waals surface area contributed by atoms with Crippen molar-refractivity contribution in [2.75, 3.05) is 7.11 Å². The summed E-state index contributed by atoms with van der Waals surface area (Å²) in [5.41, 5.74) is 2.21. The number of ether oxygens (including phenoxy) is 1. The van der Waals surface area contributed by atoms with Gasteiger partial charge in [-0.05, 0) is 30.5 Å². The quantitative estimate of drug-likeness (QED) is 0.919. The Morgan fingerprint density at radius 2 is 2.16 bits per heavy atom. The zero-order valence-corrected chi connectivity index (χ0v) is 11.0. The summed E-state index contributed by atoms with van der Waals surface area (Å²) in [5.74, 6) is 1.68. The molecule has 3 rings (SSSR count). The molecule has 4 nitrogen and oxygen atoms in total. The van der Waals surface area contributed by atoms with Gasteiger partial charge in [0.1, 0.15) is 17.7 Å². The average Bonchev–Trinajstić information content (AvgIpc) is 2.84. The van der Waals surface area contributed by atoms with Crippen LogP contribution in [-0.2, 0) is 13.0 Å². The van der Waals surface area contributed by atoms with E-state index in [1.54, 1.807) is 7.11 Å². The van der Waals surface area contributed by atoms with E-state index in [1.807, 2.05) is 24.3 Å². The summed E-state index contributed by atoms with van der Waals surface area (Å²) < 4.78 is 7.22. The van der Waals surface area contributed by atoms with E-state index >= 15 is 0 Å². The Kier molecular flexibility index (Phi) is 3.25. The molecule has 100 valence electrons. The average molecular weight is 258 g/mol. The Morgan fingerprint density at radius 1 is 1.37 bits per heavy atom. The molecule has 0 saturated carbocycles. The van der Waals surface area contributed by atoms with Crippen LogP contribution < -0.4 is 4.74 Å². The first-order valence-electron chi connectivity index (χ1n) is 6.63. The molecule has 0 spiro atoms. The Hall–Kier alpha value is -1.81. The van der Waals surface area contributed by atoms with Crippen molar-refractivity contribution in [2.24, 2.45) is 0 Å². The van der Waals surface area contributed by atoms with Crippen LogP contribution in [-0.4, -0.2) is 21.8 Å². The summed E-state index contributed by atoms with van der Waals surface area (Å²) in [6, 6.07) is 8.02. The molecule has 2 aromatic rings. The number of aromatic nitrogens is 2. The van der Waals surface area contributed by atoms with E-state index in [0.29, 0.717) is 0 Å². The van der Waals surface area contributed by atoms with E-state index in [9.17, 15) is 5.11 Å². The molecule has 0 radical (unpaired) electrons. The molecule has 19 heavy (non-hydrogen) atoms. The molecule has 1 N–H and O–H groups in total. The van der Waals surface area contributed by atoms with Gasteiger partial charge in [-0.2, -0.15) is 0 Å². The summed E-state index contributed by atoms with van der Waals surface area (Å²) in [5, 5.41) is 9.91. The third kappa shape index (κ3) is 2.49. The molecule has 0 saturated heterocycles. The van der Waals surface area contributed by atoms with Crippen molar-refractivity contribution in [3.05, 3.63) is 47.5 Å². The summed E-state index contributed by atoms with van der Waals surface area (Å²) in [6.07, 6.45) is 4.28. The molecule has 0 fully saturated rings. The van der Waals surface area contributed by atoms with E-state index in [0.717, 1.165) is 43.1 Å². The Balaban J connectivity index is 1.79. The van der Waals surface area contributed by atoms with Crippen molar-refractivity contribution in [1.29, 1.82) is 0 Å². The van der Waals surface area contributed by atoms with Crippen molar-refractivity contribution >= 4 is 0 Å². The summed E-state index contributed by atoms with van der Waals surface area (Å²) >= 11 is 0. The lowest BCUT2D eigenvalue weighted by Crippen LogP contribution is -2.14. The first kappa shape index (κ1) is 12.2. The minimum Gasteiger partial charge on any atom is -0.497 e. The Bertz CT molecular complexity index is 560. The number of aliphatic hydroxyl groups excluding tert-OH is 1. The van der Waals surface area contributed by atoms with Gasteiger partial charge in [-0.25, -0.2) is 4.98 Å². The third-order valence-corrected chi connectivity index (χ3v) is 3.58. The van der Waals surface area contributed by atoms with Crippen molar-refractivity contribution in [1.82, 2.24) is 9.55 Å². The highest BCUT2D eigenvalue weighted by Gasteiger charge is 2.20. The fraction of sp³-hybridized carbons (Fsp3) is 0.400. The molecule has 4 heteroatoms. The predicted molar refractivity (Wildman–Crippen MR) is 72.2 cm³/mol. The Labute approximate surface area is 112 Å². The van der Waals surface area contributed by atoms with Gasteiger partial charge in [0.15, 0.2) is 0 Å². The first-order chi connectivity index (χ1) is 9.26. The van der Waals surface area contributed by atoms with Crippen LogP contribution in [0.4, 0.5) is 0 Å². The maximum atomic E-state index is 9.91. The van der Waals surface area contributed by atoms with E-state index in [2.05, 4.69) is 15.7 Å². The highest BCUT2D eigenvalue weighted by molar-refractivity contribution is 5.29. The topological polar surface area (TPSA) is 47.3 Å². The van der Waals surface area contributed by atoms with Gasteiger partial charge in [0.25, 0.3) is 0 Å². The molecular formula is C15H18N2O2. The number of aliphatic hydroxyl groups is 1. The zero-order chi connectivity index (χ0) is 13.2. The number of nitrogens with zero attached hydrogens (tertiary/aromatic N) is 2. The molecule has 0 bridgehead atoms. The zero-order valence-electron chi connectivity index (χ0n) is 11.0. The van der Waals surface area contributed by atoms with E-state index < -0.39 is 6.10 Å². The van der Waals surface area contributed by atoms with E-state index in [-0.39, 0.29) is 0 Å². The predicted octanol–water partition coefficient (Wildman–Crippen LogP) is 2.31. The minimum atomic E-state index is -0.404. The number of hydrogen-bond donors (Lipinski definition) is 1. The van der Waals surface area contributed by atoms with Crippen LogP contribution in [0.25, 0.3) is 0 Å². The molecule has 1 aromatic carbocycles. The lowest BCUT2D eigenvalue weighted by atomic mass is 10.1. The fourth-order valence-electron chi connectivity index (χ4n) is 2.55. The maximum Gasteiger partial charge on any atom is 0.137 e. The summed E-state index contributed by atoms with van der Waals surface area (Å²) in [6.45, 7) is 0.960. The van der Waals surface area contributed by atoms with E-state index in [4.69, 9.17) is 4.74 Å². The number of fused-ring (bicyclic) bond motifs is 1.